The third-order valence-corrected chi connectivity index (χ3v) is 4.02. The molecular formula is C14H21N3OS. The second kappa shape index (κ2) is 6.21. The maximum absolute atomic E-state index is 5.80. The molecule has 0 spiro atoms. The van der Waals surface area contributed by atoms with Crippen LogP contribution in [-0.4, -0.2) is 16.8 Å². The first kappa shape index (κ1) is 14.1. The molecule has 4 nitrogen and oxygen atoms in total. The van der Waals surface area contributed by atoms with Crippen molar-refractivity contribution in [2.24, 2.45) is 0 Å². The molecule has 1 N–H and O–H groups in total. The van der Waals surface area contributed by atoms with E-state index < -0.39 is 0 Å². The molecule has 0 saturated carbocycles. The van der Waals surface area contributed by atoms with Gasteiger partial charge in [0, 0.05) is 27.9 Å². The molecule has 2 aromatic heterocycles. The van der Waals surface area contributed by atoms with Gasteiger partial charge in [-0.1, -0.05) is 0 Å². The summed E-state index contributed by atoms with van der Waals surface area (Å²) in [5, 5.41) is 7.44. The van der Waals surface area contributed by atoms with Crippen LogP contribution >= 0.6 is 11.3 Å². The molecule has 0 fully saturated rings. The Morgan fingerprint density at radius 2 is 2.26 bits per heavy atom. The fourth-order valence-electron chi connectivity index (χ4n) is 1.83. The molecule has 0 radical (unpaired) electrons. The number of nitrogens with one attached hydrogen (secondary N) is 1. The van der Waals surface area contributed by atoms with E-state index in [-0.39, 0.29) is 0 Å². The van der Waals surface area contributed by atoms with Crippen LogP contribution in [-0.2, 0) is 13.2 Å². The molecule has 0 aromatic carbocycles. The number of nitrogens with zero attached hydrogens (tertiary/aromatic N) is 2. The predicted octanol–water partition coefficient (Wildman–Crippen LogP) is 3.13. The largest absolute Gasteiger partial charge is 0.486 e. The molecule has 0 aliphatic heterocycles. The van der Waals surface area contributed by atoms with Gasteiger partial charge in [-0.25, -0.2) is 0 Å². The zero-order valence-electron chi connectivity index (χ0n) is 11.9. The van der Waals surface area contributed by atoms with Crippen LogP contribution in [0.15, 0.2) is 18.5 Å². The minimum absolute atomic E-state index is 0.363. The lowest BCUT2D eigenvalue weighted by atomic mass is 10.2. The topological polar surface area (TPSA) is 39.1 Å². The molecule has 2 rings (SSSR count). The third-order valence-electron chi connectivity index (χ3n) is 2.92. The lowest BCUT2D eigenvalue weighted by molar-refractivity contribution is 0.305. The van der Waals surface area contributed by atoms with Gasteiger partial charge >= 0.3 is 0 Å². The lowest BCUT2D eigenvalue weighted by Crippen LogP contribution is -2.02. The molecule has 0 unspecified atom stereocenters. The highest BCUT2D eigenvalue weighted by Gasteiger charge is 2.07. The van der Waals surface area contributed by atoms with Crippen LogP contribution in [0.25, 0.3) is 0 Å². The van der Waals surface area contributed by atoms with Crippen molar-refractivity contribution in [3.8, 4) is 5.75 Å². The van der Waals surface area contributed by atoms with Crippen molar-refractivity contribution in [1.82, 2.24) is 15.1 Å². The molecule has 5 heteroatoms. The Morgan fingerprint density at radius 3 is 2.89 bits per heavy atom. The second-order valence-corrected chi connectivity index (χ2v) is 6.20. The van der Waals surface area contributed by atoms with Crippen molar-refractivity contribution in [2.45, 2.75) is 40.0 Å². The summed E-state index contributed by atoms with van der Waals surface area (Å²) in [5.41, 5.74) is 1.26. The highest BCUT2D eigenvalue weighted by Crippen LogP contribution is 2.23. The van der Waals surface area contributed by atoms with Gasteiger partial charge in [0.1, 0.15) is 6.61 Å². The highest BCUT2D eigenvalue weighted by atomic mass is 32.1. The Morgan fingerprint density at radius 1 is 1.47 bits per heavy atom. The Labute approximate surface area is 118 Å². The second-order valence-electron chi connectivity index (χ2n) is 4.86. The average Bonchev–Trinajstić information content (AvgIpc) is 2.94. The first-order chi connectivity index (χ1) is 9.10. The minimum Gasteiger partial charge on any atom is -0.486 e. The lowest BCUT2D eigenvalue weighted by Gasteiger charge is -2.04. The Kier molecular flexibility index (Phi) is 4.61. The summed E-state index contributed by atoms with van der Waals surface area (Å²) in [6, 6.07) is 2.58. The monoisotopic (exact) mass is 279 g/mol. The number of aryl methyl sites for hydroxylation is 1. The molecule has 2 aromatic rings. The van der Waals surface area contributed by atoms with Gasteiger partial charge in [0.05, 0.1) is 12.4 Å². The van der Waals surface area contributed by atoms with E-state index in [9.17, 15) is 0 Å². The Hall–Kier alpha value is -1.33. The van der Waals surface area contributed by atoms with Crippen LogP contribution in [0, 0.1) is 6.92 Å². The summed E-state index contributed by atoms with van der Waals surface area (Å²) in [5.74, 6) is 0.828. The van der Waals surface area contributed by atoms with Crippen molar-refractivity contribution in [3.63, 3.8) is 0 Å². The number of ether oxygens (including phenoxy) is 1. The van der Waals surface area contributed by atoms with Gasteiger partial charge in [-0.3, -0.25) is 4.68 Å². The Balaban J connectivity index is 1.97. The van der Waals surface area contributed by atoms with Gasteiger partial charge < -0.3 is 10.1 Å². The summed E-state index contributed by atoms with van der Waals surface area (Å²) in [6.45, 7) is 7.86. The van der Waals surface area contributed by atoms with E-state index in [0.717, 1.165) is 12.3 Å². The Bertz CT molecular complexity index is 531. The van der Waals surface area contributed by atoms with Crippen molar-refractivity contribution >= 4 is 11.3 Å². The van der Waals surface area contributed by atoms with Gasteiger partial charge in [0.2, 0.25) is 0 Å². The number of rotatable bonds is 6. The van der Waals surface area contributed by atoms with Crippen molar-refractivity contribution in [1.29, 1.82) is 0 Å². The van der Waals surface area contributed by atoms with Crippen LogP contribution in [0.2, 0.25) is 0 Å². The molecule has 0 amide bonds. The standard InChI is InChI=1S/C14H21N3OS/c1-10(2)17-8-13(6-16-17)18-9-12-5-14(7-15-4)19-11(12)3/h5-6,8,10,15H,7,9H2,1-4H3. The van der Waals surface area contributed by atoms with Crippen LogP contribution in [0.3, 0.4) is 0 Å². The molecule has 0 saturated heterocycles. The maximum Gasteiger partial charge on any atom is 0.157 e. The van der Waals surface area contributed by atoms with E-state index in [0.29, 0.717) is 12.6 Å². The number of hydrogen-bond donors (Lipinski definition) is 1. The molecule has 2 heterocycles. The smallest absolute Gasteiger partial charge is 0.157 e. The molecule has 0 atom stereocenters. The van der Waals surface area contributed by atoms with Gasteiger partial charge in [-0.2, -0.15) is 5.10 Å². The molecular weight excluding hydrogens is 258 g/mol. The van der Waals surface area contributed by atoms with Gasteiger partial charge in [0.15, 0.2) is 5.75 Å². The summed E-state index contributed by atoms with van der Waals surface area (Å²) >= 11 is 1.82. The van der Waals surface area contributed by atoms with E-state index in [1.165, 1.54) is 15.3 Å². The zero-order valence-corrected chi connectivity index (χ0v) is 12.8. The summed E-state index contributed by atoms with van der Waals surface area (Å²) in [4.78, 5) is 2.66. The average molecular weight is 279 g/mol. The summed E-state index contributed by atoms with van der Waals surface area (Å²) in [7, 11) is 1.96. The van der Waals surface area contributed by atoms with E-state index in [1.54, 1.807) is 6.20 Å². The molecule has 19 heavy (non-hydrogen) atoms. The maximum atomic E-state index is 5.80. The first-order valence-corrected chi connectivity index (χ1v) is 7.31. The van der Waals surface area contributed by atoms with Crippen LogP contribution in [0.4, 0.5) is 0 Å². The van der Waals surface area contributed by atoms with E-state index >= 15 is 0 Å². The van der Waals surface area contributed by atoms with E-state index in [4.69, 9.17) is 4.74 Å². The summed E-state index contributed by atoms with van der Waals surface area (Å²) < 4.78 is 7.70. The van der Waals surface area contributed by atoms with Gasteiger partial charge in [-0.15, -0.1) is 11.3 Å². The molecule has 104 valence electrons. The van der Waals surface area contributed by atoms with Crippen molar-refractivity contribution in [2.75, 3.05) is 7.05 Å². The van der Waals surface area contributed by atoms with Crippen LogP contribution in [0.5, 0.6) is 5.75 Å². The number of thiophene rings is 1. The van der Waals surface area contributed by atoms with Crippen LogP contribution in [0.1, 0.15) is 35.2 Å². The zero-order chi connectivity index (χ0) is 13.8. The van der Waals surface area contributed by atoms with E-state index in [1.807, 2.05) is 29.3 Å². The van der Waals surface area contributed by atoms with Crippen LogP contribution < -0.4 is 10.1 Å². The summed E-state index contributed by atoms with van der Waals surface area (Å²) in [6.07, 6.45) is 3.72. The minimum atomic E-state index is 0.363. The quantitative estimate of drug-likeness (QED) is 0.883. The van der Waals surface area contributed by atoms with Gasteiger partial charge in [-0.05, 0) is 33.9 Å². The SMILES string of the molecule is CNCc1cc(COc2cnn(C(C)C)c2)c(C)s1. The number of aromatic nitrogens is 2. The number of hydrogen-bond acceptors (Lipinski definition) is 4. The molecule has 0 bridgehead atoms. The van der Waals surface area contributed by atoms with Crippen molar-refractivity contribution < 1.29 is 4.74 Å². The molecule has 0 aliphatic rings. The first-order valence-electron chi connectivity index (χ1n) is 6.50. The normalized spacial score (nSPS) is 11.2. The highest BCUT2D eigenvalue weighted by molar-refractivity contribution is 7.12. The third kappa shape index (κ3) is 3.58. The fraction of sp³-hybridized carbons (Fsp3) is 0.500. The van der Waals surface area contributed by atoms with Crippen molar-refractivity contribution in [3.05, 3.63) is 33.8 Å². The van der Waals surface area contributed by atoms with Gasteiger partial charge in [0.25, 0.3) is 0 Å². The fourth-order valence-corrected chi connectivity index (χ4v) is 2.89. The molecule has 0 aliphatic carbocycles. The predicted molar refractivity (Wildman–Crippen MR) is 78.8 cm³/mol. The van der Waals surface area contributed by atoms with E-state index in [2.05, 4.69) is 37.3 Å².